The van der Waals surface area contributed by atoms with Crippen molar-refractivity contribution in [3.63, 3.8) is 0 Å². The van der Waals surface area contributed by atoms with E-state index in [9.17, 15) is 0 Å². The Kier molecular flexibility index (Phi) is 7.10. The molecule has 5 heteroatoms. The third-order valence-electron chi connectivity index (χ3n) is 2.58. The lowest BCUT2D eigenvalue weighted by Gasteiger charge is -2.08. The summed E-state index contributed by atoms with van der Waals surface area (Å²) in [6.45, 7) is 6.02. The molecule has 5 nitrogen and oxygen atoms in total. The number of anilines is 2. The van der Waals surface area contributed by atoms with Crippen molar-refractivity contribution in [3.05, 3.63) is 11.8 Å². The summed E-state index contributed by atoms with van der Waals surface area (Å²) in [4.78, 5) is 8.69. The Morgan fingerprint density at radius 2 is 1.89 bits per heavy atom. The van der Waals surface area contributed by atoms with Gasteiger partial charge >= 0.3 is 0 Å². The number of unbranched alkanes of at least 4 members (excludes halogenated alkanes) is 3. The van der Waals surface area contributed by atoms with E-state index in [2.05, 4.69) is 20.6 Å². The average Bonchev–Trinajstić information content (AvgIpc) is 2.33. The molecule has 1 aromatic heterocycles. The summed E-state index contributed by atoms with van der Waals surface area (Å²) in [6.07, 6.45) is 4.22. The van der Waals surface area contributed by atoms with Gasteiger partial charge in [-0.25, -0.2) is 4.98 Å². The minimum Gasteiger partial charge on any atom is -0.396 e. The summed E-state index contributed by atoms with van der Waals surface area (Å²) in [7, 11) is 0. The molecule has 1 aromatic rings. The first-order valence-electron chi connectivity index (χ1n) is 6.70. The minimum atomic E-state index is 0.296. The van der Waals surface area contributed by atoms with E-state index >= 15 is 0 Å². The topological polar surface area (TPSA) is 70.1 Å². The van der Waals surface area contributed by atoms with E-state index in [1.165, 1.54) is 0 Å². The number of nitrogens with one attached hydrogen (secondary N) is 2. The summed E-state index contributed by atoms with van der Waals surface area (Å²) < 4.78 is 0. The van der Waals surface area contributed by atoms with Gasteiger partial charge in [-0.3, -0.25) is 0 Å². The van der Waals surface area contributed by atoms with Crippen LogP contribution in [0.4, 0.5) is 11.8 Å². The molecule has 0 aromatic carbocycles. The van der Waals surface area contributed by atoms with Crippen molar-refractivity contribution < 1.29 is 5.11 Å². The standard InChI is InChI=1S/C13H24N4O/c1-3-14-13-16-11(2)10-12(17-13)15-8-6-4-5-7-9-18/h10,18H,3-9H2,1-2H3,(H2,14,15,16,17). The van der Waals surface area contributed by atoms with Crippen molar-refractivity contribution >= 4 is 11.8 Å². The van der Waals surface area contributed by atoms with Crippen LogP contribution >= 0.6 is 0 Å². The molecule has 1 heterocycles. The van der Waals surface area contributed by atoms with Crippen LogP contribution in [-0.2, 0) is 0 Å². The normalized spacial score (nSPS) is 10.4. The van der Waals surface area contributed by atoms with Gasteiger partial charge in [0.1, 0.15) is 5.82 Å². The highest BCUT2D eigenvalue weighted by atomic mass is 16.2. The Morgan fingerprint density at radius 1 is 1.11 bits per heavy atom. The maximum Gasteiger partial charge on any atom is 0.224 e. The summed E-state index contributed by atoms with van der Waals surface area (Å²) in [6, 6.07) is 1.95. The lowest BCUT2D eigenvalue weighted by atomic mass is 10.2. The number of aliphatic hydroxyl groups is 1. The van der Waals surface area contributed by atoms with Gasteiger partial charge in [-0.05, 0) is 26.7 Å². The summed E-state index contributed by atoms with van der Waals surface area (Å²) >= 11 is 0. The molecule has 0 radical (unpaired) electrons. The number of hydrogen-bond donors (Lipinski definition) is 3. The summed E-state index contributed by atoms with van der Waals surface area (Å²) in [5.74, 6) is 1.56. The molecule has 0 saturated heterocycles. The molecule has 18 heavy (non-hydrogen) atoms. The molecule has 3 N–H and O–H groups in total. The molecule has 0 amide bonds. The Labute approximate surface area is 109 Å². The molecule has 0 aliphatic carbocycles. The molecule has 0 saturated carbocycles. The van der Waals surface area contributed by atoms with Crippen LogP contribution in [0.2, 0.25) is 0 Å². The monoisotopic (exact) mass is 252 g/mol. The average molecular weight is 252 g/mol. The first-order chi connectivity index (χ1) is 8.76. The fraction of sp³-hybridized carbons (Fsp3) is 0.692. The second-order valence-corrected chi connectivity index (χ2v) is 4.31. The van der Waals surface area contributed by atoms with Crippen molar-refractivity contribution in [3.8, 4) is 0 Å². The van der Waals surface area contributed by atoms with E-state index in [4.69, 9.17) is 5.11 Å². The smallest absolute Gasteiger partial charge is 0.224 e. The number of aliphatic hydroxyl groups excluding tert-OH is 1. The van der Waals surface area contributed by atoms with Crippen LogP contribution in [0, 0.1) is 6.92 Å². The number of nitrogens with zero attached hydrogens (tertiary/aromatic N) is 2. The van der Waals surface area contributed by atoms with Crippen LogP contribution in [0.1, 0.15) is 38.3 Å². The zero-order chi connectivity index (χ0) is 13.2. The lowest BCUT2D eigenvalue weighted by Crippen LogP contribution is -2.08. The van der Waals surface area contributed by atoms with Crippen molar-refractivity contribution in [1.82, 2.24) is 9.97 Å². The van der Waals surface area contributed by atoms with Crippen LogP contribution in [-0.4, -0.2) is 34.8 Å². The van der Waals surface area contributed by atoms with Crippen LogP contribution in [0.15, 0.2) is 6.07 Å². The van der Waals surface area contributed by atoms with Gasteiger partial charge < -0.3 is 15.7 Å². The van der Waals surface area contributed by atoms with Gasteiger partial charge in [0.15, 0.2) is 0 Å². The Hall–Kier alpha value is -1.36. The molecular weight excluding hydrogens is 228 g/mol. The summed E-state index contributed by atoms with van der Waals surface area (Å²) in [5, 5.41) is 15.1. The molecule has 0 atom stereocenters. The largest absolute Gasteiger partial charge is 0.396 e. The molecule has 0 aliphatic rings. The fourth-order valence-electron chi connectivity index (χ4n) is 1.70. The van der Waals surface area contributed by atoms with Gasteiger partial charge in [0.2, 0.25) is 5.95 Å². The number of aromatic nitrogens is 2. The third kappa shape index (κ3) is 5.82. The molecule has 102 valence electrons. The van der Waals surface area contributed by atoms with Crippen LogP contribution in [0.25, 0.3) is 0 Å². The van der Waals surface area contributed by atoms with Crippen LogP contribution in [0.5, 0.6) is 0 Å². The van der Waals surface area contributed by atoms with Crippen molar-refractivity contribution in [1.29, 1.82) is 0 Å². The quantitative estimate of drug-likeness (QED) is 0.588. The SMILES string of the molecule is CCNc1nc(C)cc(NCCCCCCO)n1. The van der Waals surface area contributed by atoms with E-state index in [-0.39, 0.29) is 0 Å². The van der Waals surface area contributed by atoms with Crippen molar-refractivity contribution in [2.24, 2.45) is 0 Å². The number of aryl methyl sites for hydroxylation is 1. The predicted molar refractivity (Wildman–Crippen MR) is 75.0 cm³/mol. The molecule has 0 unspecified atom stereocenters. The molecule has 0 bridgehead atoms. The highest BCUT2D eigenvalue weighted by molar-refractivity contribution is 5.41. The molecule has 1 rings (SSSR count). The lowest BCUT2D eigenvalue weighted by molar-refractivity contribution is 0.283. The first kappa shape index (κ1) is 14.7. The highest BCUT2D eigenvalue weighted by Gasteiger charge is 2.00. The van der Waals surface area contributed by atoms with Gasteiger partial charge in [0.25, 0.3) is 0 Å². The Bertz CT molecular complexity index is 344. The minimum absolute atomic E-state index is 0.296. The van der Waals surface area contributed by atoms with E-state index in [1.807, 2.05) is 19.9 Å². The zero-order valence-electron chi connectivity index (χ0n) is 11.4. The van der Waals surface area contributed by atoms with Crippen LogP contribution < -0.4 is 10.6 Å². The maximum absolute atomic E-state index is 8.67. The second-order valence-electron chi connectivity index (χ2n) is 4.31. The van der Waals surface area contributed by atoms with Crippen LogP contribution in [0.3, 0.4) is 0 Å². The highest BCUT2D eigenvalue weighted by Crippen LogP contribution is 2.10. The van der Waals surface area contributed by atoms with Gasteiger partial charge in [0, 0.05) is 31.5 Å². The molecule has 0 spiro atoms. The van der Waals surface area contributed by atoms with Crippen molar-refractivity contribution in [2.75, 3.05) is 30.3 Å². The first-order valence-corrected chi connectivity index (χ1v) is 6.70. The van der Waals surface area contributed by atoms with Gasteiger partial charge in [-0.1, -0.05) is 12.8 Å². The predicted octanol–water partition coefficient (Wildman–Crippen LogP) is 2.18. The van der Waals surface area contributed by atoms with Crippen molar-refractivity contribution in [2.45, 2.75) is 39.5 Å². The van der Waals surface area contributed by atoms with E-state index < -0.39 is 0 Å². The zero-order valence-corrected chi connectivity index (χ0v) is 11.4. The Morgan fingerprint density at radius 3 is 2.61 bits per heavy atom. The van der Waals surface area contributed by atoms with E-state index in [1.54, 1.807) is 0 Å². The molecule has 0 aliphatic heterocycles. The second kappa shape index (κ2) is 8.69. The van der Waals surface area contributed by atoms with E-state index in [0.29, 0.717) is 12.6 Å². The molecular formula is C13H24N4O. The Balaban J connectivity index is 2.32. The van der Waals surface area contributed by atoms with Gasteiger partial charge in [-0.2, -0.15) is 4.98 Å². The number of hydrogen-bond acceptors (Lipinski definition) is 5. The van der Waals surface area contributed by atoms with Gasteiger partial charge in [-0.15, -0.1) is 0 Å². The van der Waals surface area contributed by atoms with E-state index in [0.717, 1.165) is 50.3 Å². The van der Waals surface area contributed by atoms with Gasteiger partial charge in [0.05, 0.1) is 0 Å². The maximum atomic E-state index is 8.67. The fourth-order valence-corrected chi connectivity index (χ4v) is 1.70. The third-order valence-corrected chi connectivity index (χ3v) is 2.58. The molecule has 0 fully saturated rings. The number of rotatable bonds is 9. The summed E-state index contributed by atoms with van der Waals surface area (Å²) in [5.41, 5.74) is 0.962.